The van der Waals surface area contributed by atoms with Crippen LogP contribution in [-0.2, 0) is 17.9 Å². The van der Waals surface area contributed by atoms with Gasteiger partial charge in [0, 0.05) is 30.9 Å². The van der Waals surface area contributed by atoms with Crippen LogP contribution in [0, 0.1) is 0 Å². The molecule has 2 heterocycles. The predicted octanol–water partition coefficient (Wildman–Crippen LogP) is 3.33. The summed E-state index contributed by atoms with van der Waals surface area (Å²) in [5.41, 5.74) is 5.22. The van der Waals surface area contributed by atoms with Crippen LogP contribution in [0.15, 0.2) is 48.5 Å². The van der Waals surface area contributed by atoms with E-state index in [4.69, 9.17) is 0 Å². The smallest absolute Gasteiger partial charge is 0.133 e. The molecule has 2 aromatic carbocycles. The highest BCUT2D eigenvalue weighted by atomic mass is 16.1. The third-order valence-corrected chi connectivity index (χ3v) is 4.47. The number of nitrogens with zero attached hydrogens (tertiary/aromatic N) is 2. The van der Waals surface area contributed by atoms with Crippen LogP contribution in [0.4, 0.5) is 11.4 Å². The van der Waals surface area contributed by atoms with E-state index in [0.717, 1.165) is 13.1 Å². The van der Waals surface area contributed by atoms with Crippen LogP contribution in [0.2, 0.25) is 0 Å². The topological polar surface area (TPSA) is 23.6 Å². The van der Waals surface area contributed by atoms with Gasteiger partial charge in [0.05, 0.1) is 0 Å². The van der Waals surface area contributed by atoms with Crippen LogP contribution in [-0.4, -0.2) is 11.9 Å². The maximum Gasteiger partial charge on any atom is 0.133 e. The number of para-hydroxylation sites is 2. The number of carbonyl (C=O) groups is 1. The van der Waals surface area contributed by atoms with Gasteiger partial charge in [0.15, 0.2) is 0 Å². The number of carbonyl (C=O) groups excluding carboxylic acids is 1. The molecule has 0 spiro atoms. The minimum absolute atomic E-state index is 0.146. The highest BCUT2D eigenvalue weighted by Gasteiger charge is 2.37. The summed E-state index contributed by atoms with van der Waals surface area (Å²) in [5.74, 6) is 0.244. The van der Waals surface area contributed by atoms with Crippen molar-refractivity contribution in [2.75, 3.05) is 9.80 Å². The van der Waals surface area contributed by atoms with Gasteiger partial charge in [-0.05, 0) is 30.2 Å². The number of Topliss-reactive ketones (excluding diaryl/α,β-unsaturated/α-hetero) is 1. The standard InChI is InChI=1S/C18H18N2O/c1-13(21)10-18-19-11-14-6-2-4-8-16(14)20(18)12-15-7-3-5-9-17(15)19/h2-9,18H,10-12H2,1H3. The lowest BCUT2D eigenvalue weighted by Crippen LogP contribution is -2.55. The Hall–Kier alpha value is -2.29. The van der Waals surface area contributed by atoms with Crippen molar-refractivity contribution in [1.82, 2.24) is 0 Å². The molecule has 2 bridgehead atoms. The van der Waals surface area contributed by atoms with Gasteiger partial charge in [-0.25, -0.2) is 0 Å². The van der Waals surface area contributed by atoms with E-state index in [1.54, 1.807) is 6.92 Å². The Balaban J connectivity index is 1.86. The third-order valence-electron chi connectivity index (χ3n) is 4.47. The molecular formula is C18H18N2O. The minimum atomic E-state index is 0.146. The highest BCUT2D eigenvalue weighted by molar-refractivity contribution is 5.79. The summed E-state index contributed by atoms with van der Waals surface area (Å²) < 4.78 is 0. The quantitative estimate of drug-likeness (QED) is 0.842. The monoisotopic (exact) mass is 278 g/mol. The first-order valence-corrected chi connectivity index (χ1v) is 7.42. The first-order valence-electron chi connectivity index (χ1n) is 7.42. The van der Waals surface area contributed by atoms with Crippen LogP contribution < -0.4 is 9.80 Å². The molecule has 2 aromatic rings. The predicted molar refractivity (Wildman–Crippen MR) is 84.3 cm³/mol. The SMILES string of the molecule is CC(=O)CC1N2Cc3ccccc3N1Cc1ccccc12. The van der Waals surface area contributed by atoms with Crippen molar-refractivity contribution in [1.29, 1.82) is 0 Å². The minimum Gasteiger partial charge on any atom is -0.346 e. The van der Waals surface area contributed by atoms with E-state index in [-0.39, 0.29) is 11.9 Å². The summed E-state index contributed by atoms with van der Waals surface area (Å²) >= 11 is 0. The van der Waals surface area contributed by atoms with Crippen molar-refractivity contribution in [2.24, 2.45) is 0 Å². The Morgan fingerprint density at radius 1 is 0.952 bits per heavy atom. The summed E-state index contributed by atoms with van der Waals surface area (Å²) in [6.07, 6.45) is 0.718. The van der Waals surface area contributed by atoms with Crippen molar-refractivity contribution in [3.8, 4) is 0 Å². The van der Waals surface area contributed by atoms with Gasteiger partial charge in [-0.3, -0.25) is 4.79 Å². The number of fused-ring (bicyclic) bond motifs is 6. The summed E-state index contributed by atoms with van der Waals surface area (Å²) in [6.45, 7) is 3.44. The van der Waals surface area contributed by atoms with E-state index in [2.05, 4.69) is 58.3 Å². The molecule has 2 aliphatic heterocycles. The second-order valence-electron chi connectivity index (χ2n) is 5.90. The van der Waals surface area contributed by atoms with Crippen molar-refractivity contribution in [3.05, 3.63) is 59.7 Å². The normalized spacial score (nSPS) is 16.4. The zero-order valence-corrected chi connectivity index (χ0v) is 12.1. The summed E-state index contributed by atoms with van der Waals surface area (Å²) in [7, 11) is 0. The summed E-state index contributed by atoms with van der Waals surface area (Å²) in [6, 6.07) is 17.1. The molecule has 0 amide bonds. The number of rotatable bonds is 2. The fraction of sp³-hybridized carbons (Fsp3) is 0.278. The van der Waals surface area contributed by atoms with E-state index in [1.165, 1.54) is 22.5 Å². The van der Waals surface area contributed by atoms with Gasteiger partial charge in [0.1, 0.15) is 11.9 Å². The van der Waals surface area contributed by atoms with Gasteiger partial charge in [-0.15, -0.1) is 0 Å². The van der Waals surface area contributed by atoms with Crippen molar-refractivity contribution in [3.63, 3.8) is 0 Å². The second-order valence-corrected chi connectivity index (χ2v) is 5.90. The molecule has 0 aromatic heterocycles. The Kier molecular flexibility index (Phi) is 2.74. The Morgan fingerprint density at radius 2 is 1.43 bits per heavy atom. The van der Waals surface area contributed by atoms with Crippen molar-refractivity contribution >= 4 is 17.2 Å². The maximum atomic E-state index is 11.7. The van der Waals surface area contributed by atoms with Crippen LogP contribution in [0.1, 0.15) is 24.5 Å². The average molecular weight is 278 g/mol. The molecule has 0 saturated carbocycles. The van der Waals surface area contributed by atoms with Crippen molar-refractivity contribution < 1.29 is 4.79 Å². The zero-order valence-electron chi connectivity index (χ0n) is 12.1. The largest absolute Gasteiger partial charge is 0.346 e. The molecule has 3 nitrogen and oxygen atoms in total. The van der Waals surface area contributed by atoms with Gasteiger partial charge in [-0.2, -0.15) is 0 Å². The number of anilines is 2. The second kappa shape index (κ2) is 4.62. The fourth-order valence-electron chi connectivity index (χ4n) is 3.56. The lowest BCUT2D eigenvalue weighted by atomic mass is 9.96. The van der Waals surface area contributed by atoms with Gasteiger partial charge in [-0.1, -0.05) is 36.4 Å². The molecule has 0 aliphatic carbocycles. The van der Waals surface area contributed by atoms with Crippen LogP contribution >= 0.6 is 0 Å². The molecule has 0 fully saturated rings. The third kappa shape index (κ3) is 1.92. The van der Waals surface area contributed by atoms with Crippen LogP contribution in [0.5, 0.6) is 0 Å². The van der Waals surface area contributed by atoms with E-state index < -0.39 is 0 Å². The van der Waals surface area contributed by atoms with Gasteiger partial charge in [0.2, 0.25) is 0 Å². The van der Waals surface area contributed by atoms with E-state index in [9.17, 15) is 4.79 Å². The van der Waals surface area contributed by atoms with Gasteiger partial charge < -0.3 is 9.80 Å². The fourth-order valence-corrected chi connectivity index (χ4v) is 3.56. The molecule has 2 aliphatic rings. The molecule has 21 heavy (non-hydrogen) atoms. The summed E-state index contributed by atoms with van der Waals surface area (Å²) in [5, 5.41) is 0. The lowest BCUT2D eigenvalue weighted by molar-refractivity contribution is -0.117. The zero-order chi connectivity index (χ0) is 14.4. The average Bonchev–Trinajstić information content (AvgIpc) is 2.48. The molecule has 0 N–H and O–H groups in total. The highest BCUT2D eigenvalue weighted by Crippen LogP contribution is 2.41. The Labute approximate surface area is 124 Å². The number of hydrogen-bond donors (Lipinski definition) is 0. The summed E-state index contributed by atoms with van der Waals surface area (Å²) in [4.78, 5) is 16.5. The Bertz CT molecular complexity index is 656. The molecule has 0 saturated heterocycles. The molecular weight excluding hydrogens is 260 g/mol. The van der Waals surface area contributed by atoms with E-state index in [0.29, 0.717) is 6.42 Å². The number of hydrogen-bond acceptors (Lipinski definition) is 3. The molecule has 106 valence electrons. The molecule has 4 rings (SSSR count). The number of ketones is 1. The van der Waals surface area contributed by atoms with Crippen LogP contribution in [0.3, 0.4) is 0 Å². The van der Waals surface area contributed by atoms with E-state index >= 15 is 0 Å². The van der Waals surface area contributed by atoms with Gasteiger partial charge in [0.25, 0.3) is 0 Å². The van der Waals surface area contributed by atoms with E-state index in [1.807, 2.05) is 0 Å². The van der Waals surface area contributed by atoms with Crippen LogP contribution in [0.25, 0.3) is 0 Å². The van der Waals surface area contributed by atoms with Crippen molar-refractivity contribution in [2.45, 2.75) is 32.6 Å². The first-order chi connectivity index (χ1) is 10.2. The molecule has 3 heteroatoms. The Morgan fingerprint density at radius 3 is 1.90 bits per heavy atom. The number of benzene rings is 2. The molecule has 0 unspecified atom stereocenters. The molecule has 0 radical (unpaired) electrons. The van der Waals surface area contributed by atoms with Gasteiger partial charge >= 0.3 is 0 Å². The lowest BCUT2D eigenvalue weighted by Gasteiger charge is -2.51. The first kappa shape index (κ1) is 12.5. The molecule has 0 atom stereocenters. The maximum absolute atomic E-state index is 11.7.